The molecule has 176 valence electrons. The van der Waals surface area contributed by atoms with E-state index in [9.17, 15) is 26.4 Å². The minimum Gasteiger partial charge on any atom is -0.444 e. The molecule has 6 nitrogen and oxygen atoms in total. The smallest absolute Gasteiger partial charge is 0.444 e. The summed E-state index contributed by atoms with van der Waals surface area (Å²) in [6, 6.07) is 4.21. The summed E-state index contributed by atoms with van der Waals surface area (Å²) in [6.07, 6.45) is 1.44. The highest BCUT2D eigenvalue weighted by Gasteiger charge is 2.49. The van der Waals surface area contributed by atoms with E-state index in [0.29, 0.717) is 18.4 Å². The second-order valence-corrected chi connectivity index (χ2v) is 11.2. The summed E-state index contributed by atoms with van der Waals surface area (Å²) in [7, 11) is -5.76. The van der Waals surface area contributed by atoms with Crippen molar-refractivity contribution in [2.45, 2.75) is 77.3 Å². The lowest BCUT2D eigenvalue weighted by molar-refractivity contribution is -0.0500. The number of alkyl halides is 3. The van der Waals surface area contributed by atoms with Crippen LogP contribution in [0.4, 0.5) is 18.0 Å². The van der Waals surface area contributed by atoms with E-state index in [4.69, 9.17) is 4.74 Å². The van der Waals surface area contributed by atoms with Crippen LogP contribution < -0.4 is 9.50 Å². The van der Waals surface area contributed by atoms with Gasteiger partial charge in [-0.1, -0.05) is 26.8 Å². The fourth-order valence-corrected chi connectivity index (χ4v) is 4.25. The van der Waals surface area contributed by atoms with E-state index >= 15 is 0 Å². The molecule has 0 fully saturated rings. The first kappa shape index (κ1) is 25.3. The first-order valence-corrected chi connectivity index (χ1v) is 11.4. The van der Waals surface area contributed by atoms with E-state index in [-0.39, 0.29) is 17.7 Å². The van der Waals surface area contributed by atoms with Crippen molar-refractivity contribution in [2.24, 2.45) is 5.41 Å². The fourth-order valence-electron chi connectivity index (χ4n) is 3.80. The van der Waals surface area contributed by atoms with Crippen molar-refractivity contribution >= 4 is 16.2 Å². The SMILES string of the molecule is CC(C)(C)OC(=O)NCCC1(C)c2cc(OS(=O)(=O)C(F)(F)F)ccc2CCC1(C)C. The molecular formula is C21H30F3NO5S. The molecule has 1 aromatic rings. The largest absolute Gasteiger partial charge is 0.534 e. The van der Waals surface area contributed by atoms with E-state index in [1.54, 1.807) is 26.8 Å². The molecule has 0 aromatic heterocycles. The molecule has 1 amide bonds. The van der Waals surface area contributed by atoms with Gasteiger partial charge < -0.3 is 14.2 Å². The minimum absolute atomic E-state index is 0.267. The summed E-state index contributed by atoms with van der Waals surface area (Å²) in [4.78, 5) is 12.0. The molecule has 0 bridgehead atoms. The number of carbonyl (C=O) groups is 1. The monoisotopic (exact) mass is 465 g/mol. The van der Waals surface area contributed by atoms with Crippen molar-refractivity contribution in [2.75, 3.05) is 6.54 Å². The number of fused-ring (bicyclic) bond motifs is 1. The first-order valence-electron chi connectivity index (χ1n) is 9.99. The van der Waals surface area contributed by atoms with Gasteiger partial charge in [0.2, 0.25) is 0 Å². The van der Waals surface area contributed by atoms with Crippen molar-refractivity contribution in [3.05, 3.63) is 29.3 Å². The van der Waals surface area contributed by atoms with Gasteiger partial charge in [-0.25, -0.2) is 4.79 Å². The van der Waals surface area contributed by atoms with Gasteiger partial charge in [-0.05, 0) is 74.1 Å². The highest BCUT2D eigenvalue weighted by atomic mass is 32.2. The Kier molecular flexibility index (Phi) is 6.68. The molecule has 1 aliphatic rings. The molecule has 1 unspecified atom stereocenters. The summed E-state index contributed by atoms with van der Waals surface area (Å²) in [5, 5.41) is 2.72. The molecule has 1 aliphatic carbocycles. The molecule has 1 atom stereocenters. The second-order valence-electron chi connectivity index (χ2n) is 9.70. The number of amides is 1. The normalized spacial score (nSPS) is 21.2. The topological polar surface area (TPSA) is 81.7 Å². The zero-order valence-corrected chi connectivity index (χ0v) is 19.5. The maximum absolute atomic E-state index is 12.7. The molecule has 0 aliphatic heterocycles. The zero-order valence-electron chi connectivity index (χ0n) is 18.6. The van der Waals surface area contributed by atoms with Crippen LogP contribution in [-0.4, -0.2) is 32.2 Å². The fraction of sp³-hybridized carbons (Fsp3) is 0.667. The first-order chi connectivity index (χ1) is 13.9. The Morgan fingerprint density at radius 2 is 1.77 bits per heavy atom. The minimum atomic E-state index is -5.76. The molecule has 1 aromatic carbocycles. The van der Waals surface area contributed by atoms with Crippen LogP contribution in [0.15, 0.2) is 18.2 Å². The summed E-state index contributed by atoms with van der Waals surface area (Å²) in [6.45, 7) is 11.6. The van der Waals surface area contributed by atoms with Crippen LogP contribution in [0.3, 0.4) is 0 Å². The zero-order chi connectivity index (χ0) is 23.9. The van der Waals surface area contributed by atoms with E-state index in [1.807, 2.05) is 20.8 Å². The number of aryl methyl sites for hydroxylation is 1. The number of rotatable bonds is 5. The van der Waals surface area contributed by atoms with Gasteiger partial charge in [0.05, 0.1) is 0 Å². The number of nitrogens with one attached hydrogen (secondary N) is 1. The molecule has 0 saturated carbocycles. The molecule has 0 heterocycles. The van der Waals surface area contributed by atoms with Crippen LogP contribution in [0.5, 0.6) is 5.75 Å². The maximum atomic E-state index is 12.7. The molecule has 2 rings (SSSR count). The van der Waals surface area contributed by atoms with Crippen LogP contribution >= 0.6 is 0 Å². The predicted molar refractivity (Wildman–Crippen MR) is 110 cm³/mol. The number of alkyl carbamates (subject to hydrolysis) is 1. The lowest BCUT2D eigenvalue weighted by Crippen LogP contribution is -2.46. The Hall–Kier alpha value is -1.97. The van der Waals surface area contributed by atoms with Gasteiger partial charge in [0.1, 0.15) is 11.4 Å². The summed E-state index contributed by atoms with van der Waals surface area (Å²) < 4.78 is 70.6. The number of halogens is 3. The van der Waals surface area contributed by atoms with Gasteiger partial charge in [-0.2, -0.15) is 21.6 Å². The highest BCUT2D eigenvalue weighted by molar-refractivity contribution is 7.88. The van der Waals surface area contributed by atoms with Crippen molar-refractivity contribution in [1.82, 2.24) is 5.32 Å². The van der Waals surface area contributed by atoms with Crippen molar-refractivity contribution in [3.63, 3.8) is 0 Å². The summed E-state index contributed by atoms with van der Waals surface area (Å²) in [5.41, 5.74) is -5.35. The maximum Gasteiger partial charge on any atom is 0.534 e. The lowest BCUT2D eigenvalue weighted by atomic mass is 9.55. The van der Waals surface area contributed by atoms with Gasteiger partial charge in [0.25, 0.3) is 0 Å². The van der Waals surface area contributed by atoms with Gasteiger partial charge >= 0.3 is 21.7 Å². The molecule has 0 saturated heterocycles. The number of hydrogen-bond donors (Lipinski definition) is 1. The highest BCUT2D eigenvalue weighted by Crippen LogP contribution is 2.52. The number of ether oxygens (including phenoxy) is 1. The molecule has 0 radical (unpaired) electrons. The third-order valence-electron chi connectivity index (χ3n) is 5.97. The lowest BCUT2D eigenvalue weighted by Gasteiger charge is -2.49. The molecule has 1 N–H and O–H groups in total. The predicted octanol–water partition coefficient (Wildman–Crippen LogP) is 5.06. The van der Waals surface area contributed by atoms with Gasteiger partial charge in [0.15, 0.2) is 0 Å². The van der Waals surface area contributed by atoms with E-state index < -0.39 is 32.7 Å². The average molecular weight is 466 g/mol. The van der Waals surface area contributed by atoms with E-state index in [0.717, 1.165) is 12.0 Å². The Morgan fingerprint density at radius 1 is 1.16 bits per heavy atom. The van der Waals surface area contributed by atoms with Gasteiger partial charge in [-0.15, -0.1) is 0 Å². The third kappa shape index (κ3) is 5.64. The van der Waals surface area contributed by atoms with Crippen molar-refractivity contribution in [1.29, 1.82) is 0 Å². The average Bonchev–Trinajstić information content (AvgIpc) is 2.56. The van der Waals surface area contributed by atoms with Crippen LogP contribution in [0.2, 0.25) is 0 Å². The van der Waals surface area contributed by atoms with Crippen LogP contribution in [0.25, 0.3) is 0 Å². The quantitative estimate of drug-likeness (QED) is 0.486. The van der Waals surface area contributed by atoms with Crippen LogP contribution in [0.1, 0.15) is 65.5 Å². The molecular weight excluding hydrogens is 435 g/mol. The summed E-state index contributed by atoms with van der Waals surface area (Å²) >= 11 is 0. The second kappa shape index (κ2) is 8.18. The van der Waals surface area contributed by atoms with Crippen molar-refractivity contribution < 1.29 is 35.3 Å². The Balaban J connectivity index is 2.31. The van der Waals surface area contributed by atoms with Gasteiger partial charge in [0, 0.05) is 6.54 Å². The van der Waals surface area contributed by atoms with Gasteiger partial charge in [-0.3, -0.25) is 0 Å². The molecule has 0 spiro atoms. The third-order valence-corrected chi connectivity index (χ3v) is 6.95. The Bertz CT molecular complexity index is 935. The number of benzene rings is 1. The molecule has 10 heteroatoms. The Labute approximate surface area is 181 Å². The standard InChI is InChI=1S/C21H30F3NO5S/c1-18(2,3)29-17(26)25-12-11-20(6)16-13-15(30-31(27,28)21(22,23)24)8-7-14(16)9-10-19(20,4)5/h7-8,13H,9-12H2,1-6H3,(H,25,26). The van der Waals surface area contributed by atoms with Crippen LogP contribution in [0, 0.1) is 5.41 Å². The number of carbonyl (C=O) groups excluding carboxylic acids is 1. The Morgan fingerprint density at radius 3 is 2.32 bits per heavy atom. The van der Waals surface area contributed by atoms with Crippen LogP contribution in [-0.2, 0) is 26.7 Å². The van der Waals surface area contributed by atoms with Crippen molar-refractivity contribution in [3.8, 4) is 5.75 Å². The number of hydrogen-bond acceptors (Lipinski definition) is 5. The van der Waals surface area contributed by atoms with E-state index in [2.05, 4.69) is 9.50 Å². The molecule has 31 heavy (non-hydrogen) atoms. The van der Waals surface area contributed by atoms with E-state index in [1.165, 1.54) is 12.1 Å². The summed E-state index contributed by atoms with van der Waals surface area (Å²) in [5.74, 6) is -0.389.